The lowest BCUT2D eigenvalue weighted by molar-refractivity contribution is -0.136. The molecule has 0 aromatic heterocycles. The summed E-state index contributed by atoms with van der Waals surface area (Å²) in [6, 6.07) is 3.42. The van der Waals surface area contributed by atoms with E-state index in [-0.39, 0.29) is 18.9 Å². The van der Waals surface area contributed by atoms with Crippen LogP contribution in [0.1, 0.15) is 5.56 Å². The molecule has 2 N–H and O–H groups in total. The van der Waals surface area contributed by atoms with E-state index in [1.165, 1.54) is 12.1 Å². The van der Waals surface area contributed by atoms with Crippen molar-refractivity contribution in [3.8, 4) is 0 Å². The summed E-state index contributed by atoms with van der Waals surface area (Å²) in [6.45, 7) is 3.14. The van der Waals surface area contributed by atoms with E-state index >= 15 is 0 Å². The number of rotatable bonds is 4. The number of halogens is 2. The zero-order valence-corrected chi connectivity index (χ0v) is 12.2. The number of hydrogen-bond acceptors (Lipinski definition) is 3. The second kappa shape index (κ2) is 6.95. The zero-order chi connectivity index (χ0) is 15.4. The van der Waals surface area contributed by atoms with E-state index in [0.29, 0.717) is 18.7 Å². The quantitative estimate of drug-likeness (QED) is 0.896. The molecule has 1 saturated heterocycles. The Morgan fingerprint density at radius 2 is 1.95 bits per heavy atom. The molecule has 0 spiro atoms. The van der Waals surface area contributed by atoms with Gasteiger partial charge in [0.25, 0.3) is 0 Å². The summed E-state index contributed by atoms with van der Waals surface area (Å²) in [5.41, 5.74) is 6.01. The molecule has 1 aromatic carbocycles. The molecule has 0 bridgehead atoms. The minimum atomic E-state index is -0.625. The molecule has 0 saturated carbocycles. The van der Waals surface area contributed by atoms with Gasteiger partial charge >= 0.3 is 0 Å². The fourth-order valence-corrected chi connectivity index (χ4v) is 2.51. The van der Waals surface area contributed by atoms with Crippen molar-refractivity contribution in [3.05, 3.63) is 35.4 Å². The summed E-state index contributed by atoms with van der Waals surface area (Å²) in [4.78, 5) is 16.4. The number of nitrogens with zero attached hydrogens (tertiary/aromatic N) is 2. The summed E-state index contributed by atoms with van der Waals surface area (Å²) >= 11 is 0. The number of likely N-dealkylation sites (N-methyl/N-ethyl adjacent to an activating group) is 1. The van der Waals surface area contributed by atoms with Gasteiger partial charge in [0.2, 0.25) is 5.91 Å². The molecule has 1 aliphatic heterocycles. The van der Waals surface area contributed by atoms with Gasteiger partial charge in [-0.25, -0.2) is 8.78 Å². The van der Waals surface area contributed by atoms with Gasteiger partial charge in [-0.1, -0.05) is 6.07 Å². The van der Waals surface area contributed by atoms with Gasteiger partial charge in [0, 0.05) is 38.8 Å². The van der Waals surface area contributed by atoms with E-state index in [0.717, 1.165) is 19.2 Å². The molecule has 1 aliphatic rings. The standard InChI is InChI=1S/C15H21F2N3O/c1-19-4-6-20(7-5-19)15(21)12(10-18)8-11-2-3-13(16)9-14(11)17/h2-3,9,12H,4-8,10,18H2,1H3. The number of carbonyl (C=O) groups excluding carboxylic acids is 1. The van der Waals surface area contributed by atoms with E-state index in [4.69, 9.17) is 5.73 Å². The lowest BCUT2D eigenvalue weighted by Crippen LogP contribution is -2.50. The van der Waals surface area contributed by atoms with Crippen molar-refractivity contribution in [1.82, 2.24) is 9.80 Å². The molecule has 1 heterocycles. The van der Waals surface area contributed by atoms with Gasteiger partial charge in [-0.15, -0.1) is 0 Å². The van der Waals surface area contributed by atoms with Crippen molar-refractivity contribution in [2.75, 3.05) is 39.8 Å². The molecule has 1 amide bonds. The van der Waals surface area contributed by atoms with Crippen LogP contribution in [0.15, 0.2) is 18.2 Å². The third kappa shape index (κ3) is 3.98. The molecule has 1 atom stereocenters. The Labute approximate surface area is 123 Å². The summed E-state index contributed by atoms with van der Waals surface area (Å²) < 4.78 is 26.6. The first-order valence-electron chi connectivity index (χ1n) is 7.12. The van der Waals surface area contributed by atoms with Gasteiger partial charge < -0.3 is 15.5 Å². The highest BCUT2D eigenvalue weighted by atomic mass is 19.1. The largest absolute Gasteiger partial charge is 0.340 e. The van der Waals surface area contributed by atoms with Crippen LogP contribution in [0.5, 0.6) is 0 Å². The van der Waals surface area contributed by atoms with Gasteiger partial charge in [0.05, 0.1) is 5.92 Å². The minimum Gasteiger partial charge on any atom is -0.340 e. The van der Waals surface area contributed by atoms with E-state index in [1.807, 2.05) is 7.05 Å². The normalized spacial score (nSPS) is 17.8. The SMILES string of the molecule is CN1CCN(C(=O)C(CN)Cc2ccc(F)cc2F)CC1. The van der Waals surface area contributed by atoms with Gasteiger partial charge in [-0.3, -0.25) is 4.79 Å². The zero-order valence-electron chi connectivity index (χ0n) is 12.2. The Bertz CT molecular complexity index is 502. The van der Waals surface area contributed by atoms with Crippen LogP contribution in [0.25, 0.3) is 0 Å². The number of piperazine rings is 1. The molecule has 2 rings (SSSR count). The second-order valence-electron chi connectivity index (χ2n) is 5.50. The molecule has 0 radical (unpaired) electrons. The molecule has 1 unspecified atom stereocenters. The van der Waals surface area contributed by atoms with Crippen LogP contribution in [-0.4, -0.2) is 55.5 Å². The lowest BCUT2D eigenvalue weighted by atomic mass is 9.97. The smallest absolute Gasteiger partial charge is 0.227 e. The first kappa shape index (κ1) is 15.9. The Kier molecular flexibility index (Phi) is 5.25. The van der Waals surface area contributed by atoms with Crippen LogP contribution in [0.3, 0.4) is 0 Å². The molecule has 0 aliphatic carbocycles. The van der Waals surface area contributed by atoms with Gasteiger partial charge in [0.15, 0.2) is 0 Å². The van der Waals surface area contributed by atoms with Crippen molar-refractivity contribution < 1.29 is 13.6 Å². The van der Waals surface area contributed by atoms with E-state index in [2.05, 4.69) is 4.90 Å². The molecule has 116 valence electrons. The Morgan fingerprint density at radius 3 is 2.52 bits per heavy atom. The monoisotopic (exact) mass is 297 g/mol. The topological polar surface area (TPSA) is 49.6 Å². The van der Waals surface area contributed by atoms with E-state index in [9.17, 15) is 13.6 Å². The highest BCUT2D eigenvalue weighted by Crippen LogP contribution is 2.16. The molecule has 6 heteroatoms. The Balaban J connectivity index is 2.03. The summed E-state index contributed by atoms with van der Waals surface area (Å²) in [6.07, 6.45) is 0.202. The van der Waals surface area contributed by atoms with Crippen molar-refractivity contribution in [2.45, 2.75) is 6.42 Å². The summed E-state index contributed by atoms with van der Waals surface area (Å²) in [7, 11) is 2.01. The lowest BCUT2D eigenvalue weighted by Gasteiger charge is -2.34. The summed E-state index contributed by atoms with van der Waals surface area (Å²) in [5.74, 6) is -1.76. The molecular weight excluding hydrogens is 276 g/mol. The molecule has 1 fully saturated rings. The highest BCUT2D eigenvalue weighted by Gasteiger charge is 2.26. The van der Waals surface area contributed by atoms with Crippen molar-refractivity contribution in [3.63, 3.8) is 0 Å². The number of hydrogen-bond donors (Lipinski definition) is 1. The fourth-order valence-electron chi connectivity index (χ4n) is 2.51. The van der Waals surface area contributed by atoms with Crippen LogP contribution in [0, 0.1) is 17.6 Å². The van der Waals surface area contributed by atoms with Crippen LogP contribution in [0.4, 0.5) is 8.78 Å². The van der Waals surface area contributed by atoms with Crippen LogP contribution in [0.2, 0.25) is 0 Å². The van der Waals surface area contributed by atoms with Crippen molar-refractivity contribution in [1.29, 1.82) is 0 Å². The fraction of sp³-hybridized carbons (Fsp3) is 0.533. The maximum absolute atomic E-state index is 13.7. The molecular formula is C15H21F2N3O. The van der Waals surface area contributed by atoms with Crippen molar-refractivity contribution >= 4 is 5.91 Å². The predicted octanol–water partition coefficient (Wildman–Crippen LogP) is 0.856. The Morgan fingerprint density at radius 1 is 1.29 bits per heavy atom. The minimum absolute atomic E-state index is 0.0469. The summed E-state index contributed by atoms with van der Waals surface area (Å²) in [5, 5.41) is 0. The highest BCUT2D eigenvalue weighted by molar-refractivity contribution is 5.79. The molecule has 21 heavy (non-hydrogen) atoms. The average molecular weight is 297 g/mol. The third-order valence-electron chi connectivity index (χ3n) is 3.93. The van der Waals surface area contributed by atoms with Crippen LogP contribution in [-0.2, 0) is 11.2 Å². The van der Waals surface area contributed by atoms with E-state index in [1.54, 1.807) is 4.90 Å². The number of carbonyl (C=O) groups is 1. The first-order valence-corrected chi connectivity index (χ1v) is 7.12. The number of benzene rings is 1. The Hall–Kier alpha value is -1.53. The first-order chi connectivity index (χ1) is 10.0. The predicted molar refractivity (Wildman–Crippen MR) is 76.7 cm³/mol. The maximum atomic E-state index is 13.7. The average Bonchev–Trinajstić information content (AvgIpc) is 2.47. The van der Waals surface area contributed by atoms with Crippen molar-refractivity contribution in [2.24, 2.45) is 11.7 Å². The van der Waals surface area contributed by atoms with Gasteiger partial charge in [-0.05, 0) is 25.1 Å². The second-order valence-corrected chi connectivity index (χ2v) is 5.50. The van der Waals surface area contributed by atoms with Gasteiger partial charge in [-0.2, -0.15) is 0 Å². The maximum Gasteiger partial charge on any atom is 0.227 e. The molecule has 4 nitrogen and oxygen atoms in total. The number of nitrogens with two attached hydrogens (primary N) is 1. The van der Waals surface area contributed by atoms with E-state index < -0.39 is 17.6 Å². The third-order valence-corrected chi connectivity index (χ3v) is 3.93. The van der Waals surface area contributed by atoms with Gasteiger partial charge in [0.1, 0.15) is 11.6 Å². The van der Waals surface area contributed by atoms with Crippen LogP contribution >= 0.6 is 0 Å². The molecule has 1 aromatic rings. The van der Waals surface area contributed by atoms with Crippen LogP contribution < -0.4 is 5.73 Å². The number of amides is 1.